The summed E-state index contributed by atoms with van der Waals surface area (Å²) < 4.78 is 0. The van der Waals surface area contributed by atoms with E-state index in [2.05, 4.69) is 0 Å². The van der Waals surface area contributed by atoms with Gasteiger partial charge >= 0.3 is 35.5 Å². The molecule has 0 rings (SSSR count). The van der Waals surface area contributed by atoms with Crippen molar-refractivity contribution in [3.05, 3.63) is 0 Å². The number of carboxylic acids is 4. The first-order valence-corrected chi connectivity index (χ1v) is 4.66. The highest BCUT2D eigenvalue weighted by Gasteiger charge is 2.60. The van der Waals surface area contributed by atoms with Crippen molar-refractivity contribution < 1.29 is 65.1 Å². The molecule has 21 heavy (non-hydrogen) atoms. The molecule has 13 heteroatoms. The van der Waals surface area contributed by atoms with Gasteiger partial charge in [0.25, 0.3) is 0 Å². The zero-order chi connectivity index (χ0) is 17.6. The van der Waals surface area contributed by atoms with Crippen LogP contribution in [0.4, 0.5) is 0 Å². The summed E-state index contributed by atoms with van der Waals surface area (Å²) in [7, 11) is 0. The van der Waals surface area contributed by atoms with Gasteiger partial charge in [-0.1, -0.05) is 0 Å². The van der Waals surface area contributed by atoms with E-state index in [1.807, 2.05) is 0 Å². The van der Waals surface area contributed by atoms with Crippen molar-refractivity contribution >= 4 is 23.9 Å². The third-order valence-electron chi connectivity index (χ3n) is 1.74. The SMILES string of the molecule is O=C(O)C(O)(O)C(O)(O)C(=O)O.O=C(O)CC(O)C(=O)O. The van der Waals surface area contributed by atoms with Crippen molar-refractivity contribution in [1.29, 1.82) is 0 Å². The molecular weight excluding hydrogens is 304 g/mol. The highest BCUT2D eigenvalue weighted by Crippen LogP contribution is 2.17. The first-order valence-electron chi connectivity index (χ1n) is 4.66. The van der Waals surface area contributed by atoms with Gasteiger partial charge in [0.1, 0.15) is 0 Å². The molecule has 0 fully saturated rings. The Morgan fingerprint density at radius 2 is 1.05 bits per heavy atom. The molecule has 1 unspecified atom stereocenters. The van der Waals surface area contributed by atoms with Gasteiger partial charge in [-0.15, -0.1) is 0 Å². The van der Waals surface area contributed by atoms with Gasteiger partial charge in [-0.05, 0) is 0 Å². The Bertz CT molecular complexity index is 398. The molecule has 0 aliphatic heterocycles. The van der Waals surface area contributed by atoms with E-state index < -0.39 is 48.0 Å². The van der Waals surface area contributed by atoms with Crippen LogP contribution in [0.2, 0.25) is 0 Å². The van der Waals surface area contributed by atoms with Crippen LogP contribution in [-0.2, 0) is 19.2 Å². The van der Waals surface area contributed by atoms with Crippen LogP contribution in [0, 0.1) is 0 Å². The van der Waals surface area contributed by atoms with E-state index in [1.54, 1.807) is 0 Å². The quantitative estimate of drug-likeness (QED) is 0.209. The predicted octanol–water partition coefficient (Wildman–Crippen LogP) is -4.58. The molecule has 13 nitrogen and oxygen atoms in total. The maximum atomic E-state index is 9.89. The molecule has 0 radical (unpaired) electrons. The van der Waals surface area contributed by atoms with Crippen LogP contribution < -0.4 is 0 Å². The molecule has 0 heterocycles. The van der Waals surface area contributed by atoms with E-state index in [0.717, 1.165) is 0 Å². The Labute approximate surface area is 114 Å². The molecule has 0 aliphatic rings. The maximum Gasteiger partial charge on any atom is 0.370 e. The van der Waals surface area contributed by atoms with Crippen molar-refractivity contribution in [3.8, 4) is 0 Å². The summed E-state index contributed by atoms with van der Waals surface area (Å²) in [6.07, 6.45) is -2.54. The molecule has 9 N–H and O–H groups in total. The van der Waals surface area contributed by atoms with E-state index in [1.165, 1.54) is 0 Å². The van der Waals surface area contributed by atoms with Gasteiger partial charge in [-0.2, -0.15) is 0 Å². The molecule has 0 aromatic heterocycles. The molecule has 1 atom stereocenters. The number of aliphatic hydroxyl groups is 5. The number of carbonyl (C=O) groups is 4. The molecule has 0 bridgehead atoms. The summed E-state index contributed by atoms with van der Waals surface area (Å²) in [6, 6.07) is 0. The Hall–Kier alpha value is -2.32. The fourth-order valence-corrected chi connectivity index (χ4v) is 0.551. The summed E-state index contributed by atoms with van der Waals surface area (Å²) in [5, 5.41) is 73.5. The largest absolute Gasteiger partial charge is 0.481 e. The van der Waals surface area contributed by atoms with E-state index in [9.17, 15) is 19.2 Å². The lowest BCUT2D eigenvalue weighted by Gasteiger charge is -2.26. The second-order valence-corrected chi connectivity index (χ2v) is 3.41. The Morgan fingerprint density at radius 1 is 0.762 bits per heavy atom. The molecule has 0 amide bonds. The van der Waals surface area contributed by atoms with E-state index in [0.29, 0.717) is 0 Å². The average Bonchev–Trinajstić information content (AvgIpc) is 2.27. The highest BCUT2D eigenvalue weighted by atomic mass is 16.6. The van der Waals surface area contributed by atoms with Crippen molar-refractivity contribution in [3.63, 3.8) is 0 Å². The predicted molar refractivity (Wildman–Crippen MR) is 55.5 cm³/mol. The fourth-order valence-electron chi connectivity index (χ4n) is 0.551. The summed E-state index contributed by atoms with van der Waals surface area (Å²) in [4.78, 5) is 39.2. The first kappa shape index (κ1) is 21.0. The van der Waals surface area contributed by atoms with E-state index >= 15 is 0 Å². The minimum absolute atomic E-state index is 0.755. The van der Waals surface area contributed by atoms with E-state index in [-0.39, 0.29) is 0 Å². The van der Waals surface area contributed by atoms with Gasteiger partial charge in [-0.3, -0.25) is 4.79 Å². The average molecular weight is 316 g/mol. The second kappa shape index (κ2) is 7.46. The summed E-state index contributed by atoms with van der Waals surface area (Å²) >= 11 is 0. The standard InChI is InChI=1S/C4H6O8.C4H6O5/c5-1(6)3(9,10)4(11,12)2(7)8;5-2(4(8)9)1-3(6)7/h9-12H,(H,5,6)(H,7,8);2,5H,1H2,(H,6,7)(H,8,9). The third kappa shape index (κ3) is 6.11. The zero-order valence-corrected chi connectivity index (χ0v) is 9.94. The first-order chi connectivity index (χ1) is 9.17. The molecular formula is C8H12O13. The molecule has 0 spiro atoms. The number of rotatable bonds is 6. The maximum absolute atomic E-state index is 9.89. The van der Waals surface area contributed by atoms with Crippen LogP contribution in [0.15, 0.2) is 0 Å². The lowest BCUT2D eigenvalue weighted by atomic mass is 10.1. The number of carboxylic acid groups (broad SMARTS) is 4. The van der Waals surface area contributed by atoms with Crippen LogP contribution in [0.5, 0.6) is 0 Å². The smallest absolute Gasteiger partial charge is 0.370 e. The molecule has 0 saturated heterocycles. The molecule has 0 saturated carbocycles. The van der Waals surface area contributed by atoms with Gasteiger partial charge in [0, 0.05) is 0 Å². The van der Waals surface area contributed by atoms with Crippen molar-refractivity contribution in [2.75, 3.05) is 0 Å². The summed E-state index contributed by atoms with van der Waals surface area (Å²) in [6.45, 7) is 0. The number of aliphatic carboxylic acids is 4. The zero-order valence-electron chi connectivity index (χ0n) is 9.94. The van der Waals surface area contributed by atoms with Gasteiger partial charge in [0.15, 0.2) is 6.10 Å². The van der Waals surface area contributed by atoms with Crippen molar-refractivity contribution in [2.45, 2.75) is 24.1 Å². The second-order valence-electron chi connectivity index (χ2n) is 3.41. The van der Waals surface area contributed by atoms with Gasteiger partial charge in [-0.25, -0.2) is 14.4 Å². The Balaban J connectivity index is 0. The molecule has 0 aromatic rings. The Morgan fingerprint density at radius 3 is 1.14 bits per heavy atom. The lowest BCUT2D eigenvalue weighted by Crippen LogP contribution is -2.63. The minimum atomic E-state index is -4.15. The monoisotopic (exact) mass is 316 g/mol. The minimum Gasteiger partial charge on any atom is -0.481 e. The van der Waals surface area contributed by atoms with Gasteiger partial charge in [0.2, 0.25) is 0 Å². The molecule has 0 aliphatic carbocycles. The fraction of sp³-hybridized carbons (Fsp3) is 0.500. The van der Waals surface area contributed by atoms with Crippen LogP contribution >= 0.6 is 0 Å². The highest BCUT2D eigenvalue weighted by molar-refractivity contribution is 5.87. The molecule has 122 valence electrons. The number of hydrogen-bond acceptors (Lipinski definition) is 9. The van der Waals surface area contributed by atoms with Gasteiger partial charge in [0.05, 0.1) is 6.42 Å². The van der Waals surface area contributed by atoms with Crippen molar-refractivity contribution in [1.82, 2.24) is 0 Å². The van der Waals surface area contributed by atoms with Gasteiger partial charge < -0.3 is 46.0 Å². The van der Waals surface area contributed by atoms with Crippen LogP contribution in [-0.4, -0.2) is 87.5 Å². The van der Waals surface area contributed by atoms with Crippen LogP contribution in [0.25, 0.3) is 0 Å². The number of aliphatic hydroxyl groups excluding tert-OH is 1. The Kier molecular flexibility index (Phi) is 7.45. The number of hydrogen-bond donors (Lipinski definition) is 9. The normalized spacial score (nSPS) is 12.6. The summed E-state index contributed by atoms with van der Waals surface area (Å²) in [5.74, 6) is -16.1. The molecule has 0 aromatic carbocycles. The van der Waals surface area contributed by atoms with Crippen LogP contribution in [0.3, 0.4) is 0 Å². The topological polar surface area (TPSA) is 250 Å². The third-order valence-corrected chi connectivity index (χ3v) is 1.74. The van der Waals surface area contributed by atoms with Crippen LogP contribution in [0.1, 0.15) is 6.42 Å². The van der Waals surface area contributed by atoms with E-state index in [4.69, 9.17) is 46.0 Å². The van der Waals surface area contributed by atoms with Crippen molar-refractivity contribution in [2.24, 2.45) is 0 Å². The summed E-state index contributed by atoms with van der Waals surface area (Å²) in [5.41, 5.74) is 0. The lowest BCUT2D eigenvalue weighted by molar-refractivity contribution is -0.333.